The summed E-state index contributed by atoms with van der Waals surface area (Å²) in [5.41, 5.74) is -0.436. The van der Waals surface area contributed by atoms with Gasteiger partial charge >= 0.3 is 6.18 Å². The summed E-state index contributed by atoms with van der Waals surface area (Å²) < 4.78 is 87.7. The second kappa shape index (κ2) is 11.8. The highest BCUT2D eigenvalue weighted by Crippen LogP contribution is 2.36. The van der Waals surface area contributed by atoms with Crippen molar-refractivity contribution in [1.82, 2.24) is 4.31 Å². The summed E-state index contributed by atoms with van der Waals surface area (Å²) >= 11 is 0. The smallest absolute Gasteiger partial charge is 0.366 e. The predicted octanol–water partition coefficient (Wildman–Crippen LogP) is 4.75. The summed E-state index contributed by atoms with van der Waals surface area (Å²) in [5, 5.41) is 17.7. The second-order valence-corrected chi connectivity index (χ2v) is 10.7. The number of nitrogens with zero attached hydrogens (tertiary/aromatic N) is 2. The molecule has 2 aromatic carbocycles. The van der Waals surface area contributed by atoms with Gasteiger partial charge in [-0.3, -0.25) is 4.99 Å². The Labute approximate surface area is 213 Å². The molecule has 2 aromatic rings. The Balaban J connectivity index is 2.00. The Hall–Kier alpha value is -2.67. The van der Waals surface area contributed by atoms with Crippen molar-refractivity contribution in [3.05, 3.63) is 53.8 Å². The fraction of sp³-hybridized carbons (Fsp3) is 0.440. The normalized spacial score (nSPS) is 20.8. The van der Waals surface area contributed by atoms with Crippen molar-refractivity contribution < 1.29 is 35.8 Å². The highest BCUT2D eigenvalue weighted by molar-refractivity contribution is 7.89. The molecule has 12 heteroatoms. The molecule has 2 N–H and O–H groups in total. The largest absolute Gasteiger partial charge is 0.416 e. The third kappa shape index (κ3) is 6.81. The molecular weight excluding hydrogens is 514 g/mol. The molecule has 0 spiro atoms. The van der Waals surface area contributed by atoms with Crippen molar-refractivity contribution in [2.75, 3.05) is 20.2 Å². The minimum absolute atomic E-state index is 0.0267. The van der Waals surface area contributed by atoms with Gasteiger partial charge in [-0.25, -0.2) is 12.8 Å². The van der Waals surface area contributed by atoms with E-state index < -0.39 is 50.7 Å². The van der Waals surface area contributed by atoms with Gasteiger partial charge in [0.25, 0.3) is 0 Å². The van der Waals surface area contributed by atoms with Crippen LogP contribution in [0.15, 0.2) is 52.4 Å². The minimum atomic E-state index is -4.82. The van der Waals surface area contributed by atoms with Crippen LogP contribution in [0.4, 0.5) is 17.6 Å². The second-order valence-electron chi connectivity index (χ2n) is 8.67. The molecular formula is C25H29F4N3O4S. The summed E-state index contributed by atoms with van der Waals surface area (Å²) in [6, 6.07) is 6.47. The number of alkyl halides is 3. The van der Waals surface area contributed by atoms with E-state index in [9.17, 15) is 31.1 Å². The first-order valence-electron chi connectivity index (χ1n) is 11.7. The molecule has 3 atom stereocenters. The Morgan fingerprint density at radius 2 is 1.89 bits per heavy atom. The van der Waals surface area contributed by atoms with E-state index in [4.69, 9.17) is 10.1 Å². The topological polar surface area (TPSA) is 103 Å². The highest BCUT2D eigenvalue weighted by atomic mass is 32.2. The number of aliphatic imine (C=N–C) groups is 1. The monoisotopic (exact) mass is 543 g/mol. The maximum Gasteiger partial charge on any atom is 0.416 e. The molecule has 0 heterocycles. The summed E-state index contributed by atoms with van der Waals surface area (Å²) in [6.45, 7) is 1.91. The lowest BCUT2D eigenvalue weighted by molar-refractivity contribution is -0.137. The Morgan fingerprint density at radius 1 is 1.22 bits per heavy atom. The number of aliphatic hydroxyl groups excluding tert-OH is 1. The van der Waals surface area contributed by atoms with Crippen LogP contribution in [0.25, 0.3) is 11.1 Å². The van der Waals surface area contributed by atoms with Crippen LogP contribution in [0.2, 0.25) is 0 Å². The lowest BCUT2D eigenvalue weighted by Crippen LogP contribution is -2.47. The molecule has 1 aliphatic rings. The van der Waals surface area contributed by atoms with E-state index in [1.165, 1.54) is 19.2 Å². The molecule has 7 nitrogen and oxygen atoms in total. The van der Waals surface area contributed by atoms with Crippen molar-refractivity contribution in [2.45, 2.75) is 49.6 Å². The van der Waals surface area contributed by atoms with E-state index in [1.807, 2.05) is 0 Å². The molecule has 202 valence electrons. The van der Waals surface area contributed by atoms with Gasteiger partial charge in [-0.2, -0.15) is 17.5 Å². The molecule has 1 fully saturated rings. The molecule has 0 saturated heterocycles. The molecule has 0 bridgehead atoms. The number of halogens is 4. The third-order valence-corrected chi connectivity index (χ3v) is 8.14. The summed E-state index contributed by atoms with van der Waals surface area (Å²) in [6.07, 6.45) is -3.49. The van der Waals surface area contributed by atoms with Gasteiger partial charge in [0.15, 0.2) is 6.29 Å². The number of ether oxygens (including phenoxy) is 1. The first-order chi connectivity index (χ1) is 17.4. The molecule has 0 radical (unpaired) electrons. The number of benzene rings is 2. The van der Waals surface area contributed by atoms with Crippen LogP contribution >= 0.6 is 0 Å². The molecule has 3 unspecified atom stereocenters. The van der Waals surface area contributed by atoms with Crippen LogP contribution in [0, 0.1) is 17.1 Å². The van der Waals surface area contributed by atoms with Gasteiger partial charge in [-0.15, -0.1) is 0 Å². The predicted molar refractivity (Wildman–Crippen MR) is 132 cm³/mol. The van der Waals surface area contributed by atoms with Crippen LogP contribution < -0.4 is 0 Å². The minimum Gasteiger partial charge on any atom is -0.366 e. The van der Waals surface area contributed by atoms with Crippen LogP contribution in [0.1, 0.15) is 31.7 Å². The van der Waals surface area contributed by atoms with Crippen LogP contribution in [0.3, 0.4) is 0 Å². The van der Waals surface area contributed by atoms with Gasteiger partial charge in [0.1, 0.15) is 5.82 Å². The number of sulfonamides is 1. The quantitative estimate of drug-likeness (QED) is 0.271. The fourth-order valence-electron chi connectivity index (χ4n) is 4.37. The molecule has 37 heavy (non-hydrogen) atoms. The molecule has 0 aromatic heterocycles. The van der Waals surface area contributed by atoms with Gasteiger partial charge in [0, 0.05) is 37.5 Å². The zero-order valence-corrected chi connectivity index (χ0v) is 21.2. The van der Waals surface area contributed by atoms with Crippen molar-refractivity contribution in [3.8, 4) is 11.1 Å². The molecule has 1 aliphatic carbocycles. The van der Waals surface area contributed by atoms with Gasteiger partial charge in [0.05, 0.1) is 17.0 Å². The molecule has 3 rings (SSSR count). The van der Waals surface area contributed by atoms with Gasteiger partial charge < -0.3 is 15.3 Å². The van der Waals surface area contributed by atoms with Crippen molar-refractivity contribution in [2.24, 2.45) is 10.9 Å². The van der Waals surface area contributed by atoms with Crippen LogP contribution in [0.5, 0.6) is 0 Å². The summed E-state index contributed by atoms with van der Waals surface area (Å²) in [5.74, 6) is -1.30. The number of hydrogen-bond donors (Lipinski definition) is 2. The van der Waals surface area contributed by atoms with Crippen molar-refractivity contribution in [1.29, 1.82) is 5.41 Å². The number of hydrogen-bond acceptors (Lipinski definition) is 6. The fourth-order valence-corrected chi connectivity index (χ4v) is 5.84. The van der Waals surface area contributed by atoms with Crippen molar-refractivity contribution in [3.63, 3.8) is 0 Å². The number of aliphatic hydroxyl groups is 1. The molecule has 0 aliphatic heterocycles. The average molecular weight is 544 g/mol. The standard InChI is InChI=1S/C25H29F4N3O4S/c1-3-36-24(33)15-31-22-5-4-6-23(21(22)14-30)32(2)37(34,35)20-12-17(11-18(13-20)25(27,28)29)16-7-9-19(26)10-8-16/h7-14,21,23-24,30,33H,3-6,15H2,1-2H3. The lowest BCUT2D eigenvalue weighted by Gasteiger charge is -2.36. The van der Waals surface area contributed by atoms with Crippen molar-refractivity contribution >= 4 is 21.9 Å². The SMILES string of the molecule is CCOC(O)CN=C1CCCC(N(C)S(=O)(=O)c2cc(-c3ccc(F)cc3)cc(C(F)(F)F)c2)C1C=N. The van der Waals surface area contributed by atoms with Crippen LogP contribution in [-0.4, -0.2) is 62.3 Å². The third-order valence-electron chi connectivity index (χ3n) is 6.28. The first kappa shape index (κ1) is 28.9. The number of rotatable bonds is 9. The highest BCUT2D eigenvalue weighted by Gasteiger charge is 2.39. The summed E-state index contributed by atoms with van der Waals surface area (Å²) in [7, 11) is -3.17. The Bertz CT molecular complexity index is 1230. The summed E-state index contributed by atoms with van der Waals surface area (Å²) in [4.78, 5) is 3.77. The Morgan fingerprint density at radius 3 is 2.49 bits per heavy atom. The lowest BCUT2D eigenvalue weighted by atomic mass is 9.83. The average Bonchev–Trinajstić information content (AvgIpc) is 2.86. The van der Waals surface area contributed by atoms with E-state index in [-0.39, 0.29) is 24.3 Å². The van der Waals surface area contributed by atoms with Gasteiger partial charge in [0.2, 0.25) is 10.0 Å². The van der Waals surface area contributed by atoms with E-state index >= 15 is 0 Å². The van der Waals surface area contributed by atoms with Crippen LogP contribution in [-0.2, 0) is 20.9 Å². The van der Waals surface area contributed by atoms with E-state index in [0.29, 0.717) is 31.0 Å². The maximum absolute atomic E-state index is 13.7. The zero-order valence-electron chi connectivity index (χ0n) is 20.4. The maximum atomic E-state index is 13.7. The van der Waals surface area contributed by atoms with E-state index in [0.717, 1.165) is 34.8 Å². The zero-order chi connectivity index (χ0) is 27.4. The van der Waals surface area contributed by atoms with E-state index in [1.54, 1.807) is 6.92 Å². The number of nitrogens with one attached hydrogen (secondary N) is 1. The molecule has 1 saturated carbocycles. The first-order valence-corrected chi connectivity index (χ1v) is 13.1. The van der Waals surface area contributed by atoms with Gasteiger partial charge in [-0.05, 0) is 67.6 Å². The van der Waals surface area contributed by atoms with Gasteiger partial charge in [-0.1, -0.05) is 12.1 Å². The van der Waals surface area contributed by atoms with E-state index in [2.05, 4.69) is 4.99 Å². The molecule has 0 amide bonds. The Kier molecular flexibility index (Phi) is 9.22.